The van der Waals surface area contributed by atoms with Gasteiger partial charge in [-0.05, 0) is 59.1 Å². The summed E-state index contributed by atoms with van der Waals surface area (Å²) < 4.78 is 11.7. The molecule has 0 spiro atoms. The smallest absolute Gasteiger partial charge is 0.234 e. The van der Waals surface area contributed by atoms with Crippen molar-refractivity contribution in [2.45, 2.75) is 25.8 Å². The average Bonchev–Trinajstić information content (AvgIpc) is 3.20. The van der Waals surface area contributed by atoms with Crippen molar-refractivity contribution in [2.24, 2.45) is 0 Å². The van der Waals surface area contributed by atoms with Crippen LogP contribution in [0.4, 0.5) is 28.8 Å². The maximum atomic E-state index is 12.5. The third-order valence-electron chi connectivity index (χ3n) is 7.56. The molecule has 0 atom stereocenters. The number of fused-ring (bicyclic) bond motifs is 1. The van der Waals surface area contributed by atoms with Crippen molar-refractivity contribution < 1.29 is 14.3 Å². The number of hydrogen-bond acceptors (Lipinski definition) is 9. The zero-order valence-electron chi connectivity index (χ0n) is 23.4. The Morgan fingerprint density at radius 1 is 1.12 bits per heavy atom. The Morgan fingerprint density at radius 3 is 2.67 bits per heavy atom. The van der Waals surface area contributed by atoms with Gasteiger partial charge in [0.1, 0.15) is 11.6 Å². The average molecular weight is 611 g/mol. The van der Waals surface area contributed by atoms with Crippen LogP contribution in [-0.4, -0.2) is 74.3 Å². The van der Waals surface area contributed by atoms with Crippen LogP contribution in [0.1, 0.15) is 25.0 Å². The van der Waals surface area contributed by atoms with Crippen molar-refractivity contribution in [1.82, 2.24) is 14.9 Å². The Balaban J connectivity index is 1.27. The van der Waals surface area contributed by atoms with E-state index in [0.29, 0.717) is 18.3 Å². The van der Waals surface area contributed by atoms with Gasteiger partial charge in [-0.25, -0.2) is 4.98 Å². The Morgan fingerprint density at radius 2 is 1.93 bits per heavy atom. The van der Waals surface area contributed by atoms with E-state index in [2.05, 4.69) is 58.8 Å². The minimum absolute atomic E-state index is 0.00829. The van der Waals surface area contributed by atoms with Gasteiger partial charge in [0.05, 0.1) is 29.3 Å². The van der Waals surface area contributed by atoms with Gasteiger partial charge in [0.25, 0.3) is 0 Å². The minimum Gasteiger partial charge on any atom is -0.494 e. The van der Waals surface area contributed by atoms with Crippen molar-refractivity contribution in [2.75, 3.05) is 74.4 Å². The largest absolute Gasteiger partial charge is 0.494 e. The number of methoxy groups -OCH3 is 2. The number of ether oxygens (including phenoxy) is 2. The number of benzene rings is 2. The summed E-state index contributed by atoms with van der Waals surface area (Å²) in [6.07, 6.45) is 1.71. The van der Waals surface area contributed by atoms with Gasteiger partial charge >= 0.3 is 0 Å². The van der Waals surface area contributed by atoms with E-state index >= 15 is 0 Å². The summed E-state index contributed by atoms with van der Waals surface area (Å²) in [5.41, 5.74) is 4.23. The number of carbonyl (C=O) groups excluding carboxylic acids is 1. The molecule has 5 rings (SSSR count). The van der Waals surface area contributed by atoms with Crippen LogP contribution < -0.4 is 25.6 Å². The summed E-state index contributed by atoms with van der Waals surface area (Å²) >= 11 is 3.56. The second-order valence-corrected chi connectivity index (χ2v) is 11.3. The van der Waals surface area contributed by atoms with Gasteiger partial charge < -0.3 is 30.3 Å². The number of aromatic nitrogens is 2. The van der Waals surface area contributed by atoms with Crippen molar-refractivity contribution in [1.29, 1.82) is 0 Å². The van der Waals surface area contributed by atoms with Crippen LogP contribution in [0.2, 0.25) is 0 Å². The molecule has 2 aliphatic heterocycles. The fourth-order valence-electron chi connectivity index (χ4n) is 5.26. The van der Waals surface area contributed by atoms with E-state index < -0.39 is 5.41 Å². The van der Waals surface area contributed by atoms with Crippen LogP contribution in [0.25, 0.3) is 0 Å². The fourth-order valence-corrected chi connectivity index (χ4v) is 5.59. The summed E-state index contributed by atoms with van der Waals surface area (Å²) in [5, 5.41) is 9.70. The highest BCUT2D eigenvalue weighted by Crippen LogP contribution is 2.40. The zero-order valence-corrected chi connectivity index (χ0v) is 25.0. The number of nitrogens with one attached hydrogen (secondary N) is 3. The van der Waals surface area contributed by atoms with Gasteiger partial charge in [0, 0.05) is 70.0 Å². The number of nitrogens with zero attached hydrogens (tertiary/aromatic N) is 4. The Hall–Kier alpha value is -3.41. The maximum Gasteiger partial charge on any atom is 0.234 e. The van der Waals surface area contributed by atoms with Gasteiger partial charge in [-0.1, -0.05) is 12.1 Å². The molecule has 2 aromatic carbocycles. The topological polar surface area (TPSA) is 104 Å². The highest BCUT2D eigenvalue weighted by atomic mass is 79.9. The highest BCUT2D eigenvalue weighted by molar-refractivity contribution is 9.10. The Labute approximate surface area is 243 Å². The molecule has 0 bridgehead atoms. The maximum absolute atomic E-state index is 12.5. The van der Waals surface area contributed by atoms with Crippen molar-refractivity contribution in [3.05, 3.63) is 58.2 Å². The number of anilines is 5. The number of rotatable bonds is 10. The lowest BCUT2D eigenvalue weighted by molar-refractivity contribution is -0.119. The summed E-state index contributed by atoms with van der Waals surface area (Å²) in [7, 11) is 3.41. The first-order chi connectivity index (χ1) is 19.3. The Bertz CT molecular complexity index is 1380. The third kappa shape index (κ3) is 5.86. The van der Waals surface area contributed by atoms with Crippen LogP contribution in [0.3, 0.4) is 0 Å². The lowest BCUT2D eigenvalue weighted by Gasteiger charge is -2.36. The number of halogens is 1. The molecule has 212 valence electrons. The van der Waals surface area contributed by atoms with Gasteiger partial charge in [-0.3, -0.25) is 9.69 Å². The first-order valence-corrected chi connectivity index (χ1v) is 14.2. The molecule has 11 heteroatoms. The molecule has 3 aromatic rings. The molecule has 0 unspecified atom stereocenters. The van der Waals surface area contributed by atoms with E-state index in [-0.39, 0.29) is 5.91 Å². The molecule has 1 aromatic heterocycles. The molecule has 0 aliphatic carbocycles. The van der Waals surface area contributed by atoms with Gasteiger partial charge in [0.15, 0.2) is 0 Å². The number of amides is 1. The Kier molecular flexibility index (Phi) is 8.43. The quantitative estimate of drug-likeness (QED) is 0.304. The second-order valence-electron chi connectivity index (χ2n) is 10.5. The predicted octanol–water partition coefficient (Wildman–Crippen LogP) is 4.60. The molecular weight excluding hydrogens is 574 g/mol. The molecule has 40 heavy (non-hydrogen) atoms. The third-order valence-corrected chi connectivity index (χ3v) is 8.14. The van der Waals surface area contributed by atoms with Crippen LogP contribution >= 0.6 is 15.9 Å². The molecule has 0 saturated carbocycles. The van der Waals surface area contributed by atoms with Crippen LogP contribution in [0, 0.1) is 0 Å². The predicted molar refractivity (Wildman–Crippen MR) is 162 cm³/mol. The standard InChI is InChI=1S/C29H36BrN7O3/c1-29(2)25-19(6-5-7-23(25)33-27(29)38)17-31-26-21(30)18-32-28(35-26)34-22-9-8-20(16-24(22)40-4)37-12-10-36(11-13-37)14-15-39-3/h5-9,16,18H,10-15,17H2,1-4H3,(H,33,38)(H2,31,32,34,35). The number of carbonyl (C=O) groups is 1. The summed E-state index contributed by atoms with van der Waals surface area (Å²) in [4.78, 5) is 26.4. The lowest BCUT2D eigenvalue weighted by atomic mass is 9.83. The second kappa shape index (κ2) is 12.0. The highest BCUT2D eigenvalue weighted by Gasteiger charge is 2.39. The van der Waals surface area contributed by atoms with Crippen molar-refractivity contribution in [3.63, 3.8) is 0 Å². The fraction of sp³-hybridized carbons (Fsp3) is 0.414. The van der Waals surface area contributed by atoms with Crippen LogP contribution in [-0.2, 0) is 21.5 Å². The van der Waals surface area contributed by atoms with E-state index in [4.69, 9.17) is 14.5 Å². The van der Waals surface area contributed by atoms with E-state index in [1.807, 2.05) is 38.1 Å². The summed E-state index contributed by atoms with van der Waals surface area (Å²) in [5.74, 6) is 1.82. The van der Waals surface area contributed by atoms with Gasteiger partial charge in [0.2, 0.25) is 11.9 Å². The molecule has 3 N–H and O–H groups in total. The summed E-state index contributed by atoms with van der Waals surface area (Å²) in [6, 6.07) is 12.1. The van der Waals surface area contributed by atoms with Gasteiger partial charge in [-0.15, -0.1) is 0 Å². The summed E-state index contributed by atoms with van der Waals surface area (Å²) in [6.45, 7) is 10.0. The van der Waals surface area contributed by atoms with E-state index in [1.54, 1.807) is 20.4 Å². The number of piperazine rings is 1. The molecule has 1 fully saturated rings. The van der Waals surface area contributed by atoms with E-state index in [1.165, 1.54) is 0 Å². The molecule has 3 heterocycles. The van der Waals surface area contributed by atoms with Crippen LogP contribution in [0.15, 0.2) is 47.1 Å². The first-order valence-electron chi connectivity index (χ1n) is 13.4. The van der Waals surface area contributed by atoms with E-state index in [0.717, 1.165) is 77.7 Å². The minimum atomic E-state index is -0.594. The normalized spacial score (nSPS) is 16.4. The monoisotopic (exact) mass is 609 g/mol. The van der Waals surface area contributed by atoms with Crippen molar-refractivity contribution in [3.8, 4) is 5.75 Å². The lowest BCUT2D eigenvalue weighted by Crippen LogP contribution is -2.47. The molecule has 10 nitrogen and oxygen atoms in total. The molecule has 1 amide bonds. The molecule has 0 radical (unpaired) electrons. The van der Waals surface area contributed by atoms with Crippen LogP contribution in [0.5, 0.6) is 5.75 Å². The molecular formula is C29H36BrN7O3. The SMILES string of the molecule is COCCN1CCN(c2ccc(Nc3ncc(Br)c(NCc4cccc5c4C(C)(C)C(=O)N5)n3)c(OC)c2)CC1. The molecule has 2 aliphatic rings. The zero-order chi connectivity index (χ0) is 28.3. The van der Waals surface area contributed by atoms with Crippen molar-refractivity contribution >= 4 is 50.7 Å². The number of hydrogen-bond donors (Lipinski definition) is 3. The van der Waals surface area contributed by atoms with E-state index in [9.17, 15) is 4.79 Å². The van der Waals surface area contributed by atoms with Gasteiger partial charge in [-0.2, -0.15) is 4.98 Å². The molecule has 1 saturated heterocycles. The first kappa shape index (κ1) is 28.1.